The Balaban J connectivity index is 1.57. The van der Waals surface area contributed by atoms with Gasteiger partial charge in [-0.05, 0) is 73.4 Å². The van der Waals surface area contributed by atoms with Crippen molar-refractivity contribution in [3.8, 4) is 6.07 Å². The van der Waals surface area contributed by atoms with Crippen molar-refractivity contribution in [1.82, 2.24) is 14.5 Å². The highest BCUT2D eigenvalue weighted by Gasteiger charge is 2.39. The van der Waals surface area contributed by atoms with Crippen LogP contribution in [0.15, 0.2) is 67.3 Å². The van der Waals surface area contributed by atoms with Gasteiger partial charge in [0.15, 0.2) is 8.32 Å². The Labute approximate surface area is 243 Å². The number of carbonyl (C=O) groups excluding carboxylic acids is 2. The van der Waals surface area contributed by atoms with Crippen LogP contribution in [0.1, 0.15) is 67.4 Å². The second-order valence-corrected chi connectivity index (χ2v) is 17.6. The highest BCUT2D eigenvalue weighted by molar-refractivity contribution is 6.74. The zero-order valence-corrected chi connectivity index (χ0v) is 26.0. The molecule has 212 valence electrons. The molecule has 0 fully saturated rings. The molecule has 3 aromatic heterocycles. The van der Waals surface area contributed by atoms with Crippen LogP contribution >= 0.6 is 0 Å². The molecule has 0 saturated carbocycles. The normalized spacial score (nSPS) is 12.3. The van der Waals surface area contributed by atoms with E-state index in [0.717, 1.165) is 22.0 Å². The molecular weight excluding hydrogens is 528 g/mol. The fourth-order valence-corrected chi connectivity index (χ4v) is 5.61. The summed E-state index contributed by atoms with van der Waals surface area (Å²) in [7, 11) is -1.98. The van der Waals surface area contributed by atoms with Gasteiger partial charge in [-0.1, -0.05) is 32.9 Å². The summed E-state index contributed by atoms with van der Waals surface area (Å²) in [6, 6.07) is 14.5. The minimum atomic E-state index is -1.98. The van der Waals surface area contributed by atoms with Crippen LogP contribution in [0.3, 0.4) is 0 Å². The fraction of sp³-hybridized carbons (Fsp3) is 0.364. The summed E-state index contributed by atoms with van der Waals surface area (Å²) in [6.07, 6.45) is 7.34. The molecule has 41 heavy (non-hydrogen) atoms. The van der Waals surface area contributed by atoms with E-state index in [0.29, 0.717) is 17.7 Å². The Kier molecular flexibility index (Phi) is 8.43. The SMILES string of the molecule is CC(C)(CO[Si](C)(C)C(C)(C)C)n1cc(C(=O)c2cc(CC(=O)Cc3ccc(C#N)cc3)ccn2)c2cnccc21. The average Bonchev–Trinajstić information content (AvgIpc) is 3.32. The lowest BCUT2D eigenvalue weighted by molar-refractivity contribution is -0.117. The summed E-state index contributed by atoms with van der Waals surface area (Å²) < 4.78 is 8.69. The smallest absolute Gasteiger partial charge is 0.213 e. The predicted molar refractivity (Wildman–Crippen MR) is 163 cm³/mol. The van der Waals surface area contributed by atoms with Crippen LogP contribution in [0.4, 0.5) is 0 Å². The van der Waals surface area contributed by atoms with Crippen LogP contribution in [0.5, 0.6) is 0 Å². The van der Waals surface area contributed by atoms with E-state index in [-0.39, 0.29) is 35.1 Å². The zero-order valence-electron chi connectivity index (χ0n) is 25.0. The second kappa shape index (κ2) is 11.5. The van der Waals surface area contributed by atoms with Gasteiger partial charge in [0, 0.05) is 43.0 Å². The van der Waals surface area contributed by atoms with Crippen molar-refractivity contribution in [3.05, 3.63) is 95.2 Å². The van der Waals surface area contributed by atoms with E-state index in [1.165, 1.54) is 0 Å². The van der Waals surface area contributed by atoms with Gasteiger partial charge < -0.3 is 8.99 Å². The summed E-state index contributed by atoms with van der Waals surface area (Å²) in [6.45, 7) is 15.9. The number of ketones is 2. The van der Waals surface area contributed by atoms with Crippen LogP contribution in [0, 0.1) is 11.3 Å². The van der Waals surface area contributed by atoms with Crippen LogP contribution in [0.25, 0.3) is 10.9 Å². The minimum absolute atomic E-state index is 0.0172. The molecule has 0 amide bonds. The molecule has 0 spiro atoms. The van der Waals surface area contributed by atoms with Crippen molar-refractivity contribution in [2.24, 2.45) is 0 Å². The van der Waals surface area contributed by atoms with E-state index in [1.54, 1.807) is 55.0 Å². The first-order valence-electron chi connectivity index (χ1n) is 13.8. The summed E-state index contributed by atoms with van der Waals surface area (Å²) in [5.41, 5.74) is 3.42. The lowest BCUT2D eigenvalue weighted by Gasteiger charge is -2.39. The van der Waals surface area contributed by atoms with Gasteiger partial charge >= 0.3 is 0 Å². The number of pyridine rings is 2. The molecular formula is C33H38N4O3Si. The van der Waals surface area contributed by atoms with E-state index in [2.05, 4.69) is 68.3 Å². The number of Topliss-reactive ketones (excluding diaryl/α,β-unsaturated/α-hetero) is 1. The Bertz CT molecular complexity index is 1620. The highest BCUT2D eigenvalue weighted by atomic mass is 28.4. The van der Waals surface area contributed by atoms with Crippen LogP contribution in [0.2, 0.25) is 18.1 Å². The first-order valence-corrected chi connectivity index (χ1v) is 16.7. The Morgan fingerprint density at radius 3 is 2.32 bits per heavy atom. The Hall–Kier alpha value is -3.93. The van der Waals surface area contributed by atoms with Crippen LogP contribution in [-0.2, 0) is 27.6 Å². The average molecular weight is 567 g/mol. The lowest BCUT2D eigenvalue weighted by atomic mass is 10.0. The largest absolute Gasteiger partial charge is 0.414 e. The molecule has 3 heterocycles. The van der Waals surface area contributed by atoms with E-state index >= 15 is 0 Å². The number of benzene rings is 1. The van der Waals surface area contributed by atoms with Gasteiger partial charge in [-0.2, -0.15) is 5.26 Å². The third kappa shape index (κ3) is 6.70. The molecule has 0 radical (unpaired) electrons. The lowest BCUT2D eigenvalue weighted by Crippen LogP contribution is -2.45. The Morgan fingerprint density at radius 1 is 0.976 bits per heavy atom. The first-order chi connectivity index (χ1) is 19.2. The van der Waals surface area contributed by atoms with Crippen molar-refractivity contribution >= 4 is 30.8 Å². The number of rotatable bonds is 10. The third-order valence-electron chi connectivity index (χ3n) is 8.04. The standard InChI is InChI=1S/C33H38N4O3Si/c1-32(2,3)41(6,7)40-22-33(4,5)37-21-28(27-20-35-14-13-30(27)37)31(39)29-18-25(12-15-36-29)17-26(38)16-23-8-10-24(19-34)11-9-23/h8-15,18,20-21H,16-17,22H2,1-7H3. The van der Waals surface area contributed by atoms with E-state index in [1.807, 2.05) is 12.3 Å². The van der Waals surface area contributed by atoms with Gasteiger partial charge in [0.25, 0.3) is 0 Å². The molecule has 8 heteroatoms. The van der Waals surface area contributed by atoms with Crippen LogP contribution < -0.4 is 0 Å². The summed E-state index contributed by atoms with van der Waals surface area (Å²) in [5, 5.41) is 9.82. The highest BCUT2D eigenvalue weighted by Crippen LogP contribution is 2.38. The number of nitriles is 1. The summed E-state index contributed by atoms with van der Waals surface area (Å²) in [5.74, 6) is -0.201. The third-order valence-corrected chi connectivity index (χ3v) is 12.5. The number of aromatic nitrogens is 3. The predicted octanol–water partition coefficient (Wildman–Crippen LogP) is 6.65. The summed E-state index contributed by atoms with van der Waals surface area (Å²) in [4.78, 5) is 35.2. The molecule has 0 saturated heterocycles. The molecule has 0 N–H and O–H groups in total. The maximum atomic E-state index is 13.8. The van der Waals surface area contributed by atoms with Crippen molar-refractivity contribution in [1.29, 1.82) is 5.26 Å². The molecule has 0 unspecified atom stereocenters. The molecule has 0 aliphatic heterocycles. The van der Waals surface area contributed by atoms with E-state index in [9.17, 15) is 9.59 Å². The fourth-order valence-electron chi connectivity index (χ4n) is 4.46. The second-order valence-electron chi connectivity index (χ2n) is 12.7. The maximum absolute atomic E-state index is 13.8. The number of nitrogens with zero attached hydrogens (tertiary/aromatic N) is 4. The monoisotopic (exact) mass is 566 g/mol. The van der Waals surface area contributed by atoms with Gasteiger partial charge in [0.2, 0.25) is 5.78 Å². The maximum Gasteiger partial charge on any atom is 0.213 e. The van der Waals surface area contributed by atoms with Crippen molar-refractivity contribution in [3.63, 3.8) is 0 Å². The van der Waals surface area contributed by atoms with Crippen molar-refractivity contribution < 1.29 is 14.0 Å². The molecule has 1 aromatic carbocycles. The topological polar surface area (TPSA) is 97.9 Å². The minimum Gasteiger partial charge on any atom is -0.414 e. The zero-order chi connectivity index (χ0) is 30.0. The van der Waals surface area contributed by atoms with E-state index in [4.69, 9.17) is 9.69 Å². The molecule has 0 aliphatic rings. The number of fused-ring (bicyclic) bond motifs is 1. The van der Waals surface area contributed by atoms with Gasteiger partial charge in [-0.15, -0.1) is 0 Å². The molecule has 0 bridgehead atoms. The molecule has 0 aliphatic carbocycles. The van der Waals surface area contributed by atoms with Gasteiger partial charge in [-0.25, -0.2) is 0 Å². The Morgan fingerprint density at radius 2 is 1.66 bits per heavy atom. The molecule has 4 aromatic rings. The summed E-state index contributed by atoms with van der Waals surface area (Å²) >= 11 is 0. The van der Waals surface area contributed by atoms with Crippen molar-refractivity contribution in [2.75, 3.05) is 6.61 Å². The van der Waals surface area contributed by atoms with Gasteiger partial charge in [-0.3, -0.25) is 19.6 Å². The number of hydrogen-bond donors (Lipinski definition) is 0. The van der Waals surface area contributed by atoms with Gasteiger partial charge in [0.1, 0.15) is 11.5 Å². The van der Waals surface area contributed by atoms with Crippen LogP contribution in [-0.4, -0.2) is 41.0 Å². The quantitative estimate of drug-likeness (QED) is 0.158. The number of carbonyl (C=O) groups is 2. The first kappa shape index (κ1) is 30.0. The number of hydrogen-bond acceptors (Lipinski definition) is 6. The van der Waals surface area contributed by atoms with Gasteiger partial charge in [0.05, 0.1) is 34.9 Å². The van der Waals surface area contributed by atoms with E-state index < -0.39 is 13.9 Å². The van der Waals surface area contributed by atoms with Crippen molar-refractivity contribution in [2.45, 2.75) is 71.1 Å². The molecule has 4 rings (SSSR count). The molecule has 7 nitrogen and oxygen atoms in total. The molecule has 0 atom stereocenters.